The number of hydrogen-bond acceptors (Lipinski definition) is 1. The summed E-state index contributed by atoms with van der Waals surface area (Å²) in [4.78, 5) is 0. The van der Waals surface area contributed by atoms with Gasteiger partial charge in [0.15, 0.2) is 0 Å². The minimum Gasteiger partial charge on any atom is -0.376 e. The number of hydrogen-bond donors (Lipinski definition) is 0. The van der Waals surface area contributed by atoms with Gasteiger partial charge in [0, 0.05) is 7.11 Å². The van der Waals surface area contributed by atoms with Crippen molar-refractivity contribution in [2.75, 3.05) is 7.11 Å². The topological polar surface area (TPSA) is 9.23 Å². The van der Waals surface area contributed by atoms with Gasteiger partial charge in [-0.15, -0.1) is 0 Å². The molecule has 0 bridgehead atoms. The maximum absolute atomic E-state index is 13.8. The van der Waals surface area contributed by atoms with E-state index in [-0.39, 0.29) is 11.9 Å². The lowest BCUT2D eigenvalue weighted by molar-refractivity contribution is 0.0612. The van der Waals surface area contributed by atoms with Crippen molar-refractivity contribution in [1.82, 2.24) is 0 Å². The summed E-state index contributed by atoms with van der Waals surface area (Å²) in [5.41, 5.74) is 1.84. The third-order valence-electron chi connectivity index (χ3n) is 3.21. The SMILES string of the molecule is CC[C@@H]1Cc2c(ccc(Br)c2F)[C@H]1OC. The maximum Gasteiger partial charge on any atom is 0.140 e. The molecular weight excluding hydrogens is 259 g/mol. The molecule has 1 aliphatic carbocycles. The van der Waals surface area contributed by atoms with Crippen LogP contribution in [0.3, 0.4) is 0 Å². The molecule has 0 heterocycles. The molecule has 1 aromatic rings. The van der Waals surface area contributed by atoms with Gasteiger partial charge in [-0.1, -0.05) is 19.4 Å². The van der Waals surface area contributed by atoms with E-state index >= 15 is 0 Å². The molecule has 0 radical (unpaired) electrons. The van der Waals surface area contributed by atoms with Crippen LogP contribution < -0.4 is 0 Å². The third kappa shape index (κ3) is 1.72. The Morgan fingerprint density at radius 3 is 2.87 bits per heavy atom. The second kappa shape index (κ2) is 4.22. The van der Waals surface area contributed by atoms with Gasteiger partial charge in [0.1, 0.15) is 5.82 Å². The smallest absolute Gasteiger partial charge is 0.140 e. The number of rotatable bonds is 2. The van der Waals surface area contributed by atoms with Crippen LogP contribution in [0.4, 0.5) is 4.39 Å². The van der Waals surface area contributed by atoms with Crippen LogP contribution in [0, 0.1) is 11.7 Å². The first-order valence-electron chi connectivity index (χ1n) is 5.18. The highest BCUT2D eigenvalue weighted by molar-refractivity contribution is 9.10. The Hall–Kier alpha value is -0.410. The predicted octanol–water partition coefficient (Wildman–Crippen LogP) is 3.86. The number of methoxy groups -OCH3 is 1. The number of ether oxygens (including phenoxy) is 1. The molecule has 0 N–H and O–H groups in total. The highest BCUT2D eigenvalue weighted by atomic mass is 79.9. The number of halogens is 2. The van der Waals surface area contributed by atoms with Crippen molar-refractivity contribution in [3.63, 3.8) is 0 Å². The van der Waals surface area contributed by atoms with Gasteiger partial charge in [-0.05, 0) is 45.5 Å². The van der Waals surface area contributed by atoms with Crippen LogP contribution in [0.15, 0.2) is 16.6 Å². The lowest BCUT2D eigenvalue weighted by atomic mass is 10.0. The van der Waals surface area contributed by atoms with E-state index in [0.29, 0.717) is 10.4 Å². The molecule has 0 spiro atoms. The van der Waals surface area contributed by atoms with Gasteiger partial charge in [0.25, 0.3) is 0 Å². The van der Waals surface area contributed by atoms with Crippen LogP contribution in [0.2, 0.25) is 0 Å². The number of fused-ring (bicyclic) bond motifs is 1. The van der Waals surface area contributed by atoms with E-state index in [1.54, 1.807) is 13.2 Å². The predicted molar refractivity (Wildman–Crippen MR) is 61.3 cm³/mol. The lowest BCUT2D eigenvalue weighted by Gasteiger charge is -2.16. The molecule has 1 aromatic carbocycles. The van der Waals surface area contributed by atoms with Crippen LogP contribution >= 0.6 is 15.9 Å². The minimum atomic E-state index is -0.120. The Morgan fingerprint density at radius 2 is 2.27 bits per heavy atom. The van der Waals surface area contributed by atoms with Crippen molar-refractivity contribution in [2.45, 2.75) is 25.9 Å². The monoisotopic (exact) mass is 272 g/mol. The van der Waals surface area contributed by atoms with E-state index in [9.17, 15) is 4.39 Å². The highest BCUT2D eigenvalue weighted by Crippen LogP contribution is 2.42. The Labute approximate surface area is 97.8 Å². The molecule has 0 aliphatic heterocycles. The van der Waals surface area contributed by atoms with E-state index < -0.39 is 0 Å². The van der Waals surface area contributed by atoms with Crippen LogP contribution in [0.5, 0.6) is 0 Å². The van der Waals surface area contributed by atoms with Gasteiger partial charge in [-0.2, -0.15) is 0 Å². The fourth-order valence-electron chi connectivity index (χ4n) is 2.38. The summed E-state index contributed by atoms with van der Waals surface area (Å²) in [6, 6.07) is 3.73. The highest BCUT2D eigenvalue weighted by Gasteiger charge is 2.33. The maximum atomic E-state index is 13.8. The van der Waals surface area contributed by atoms with E-state index in [2.05, 4.69) is 22.9 Å². The summed E-state index contributed by atoms with van der Waals surface area (Å²) in [5.74, 6) is 0.291. The molecule has 3 heteroatoms. The molecule has 15 heavy (non-hydrogen) atoms. The van der Waals surface area contributed by atoms with Gasteiger partial charge in [-0.3, -0.25) is 0 Å². The second-order valence-corrected chi connectivity index (χ2v) is 4.81. The molecule has 0 amide bonds. The Morgan fingerprint density at radius 1 is 1.53 bits per heavy atom. The quantitative estimate of drug-likeness (QED) is 0.795. The summed E-state index contributed by atoms with van der Waals surface area (Å²) in [5, 5.41) is 0. The summed E-state index contributed by atoms with van der Waals surface area (Å²) in [6.45, 7) is 2.12. The Kier molecular flexibility index (Phi) is 3.12. The zero-order chi connectivity index (χ0) is 11.0. The average Bonchev–Trinajstić information content (AvgIpc) is 2.61. The Balaban J connectivity index is 2.47. The van der Waals surface area contributed by atoms with Crippen molar-refractivity contribution in [1.29, 1.82) is 0 Å². The zero-order valence-corrected chi connectivity index (χ0v) is 10.5. The summed E-state index contributed by atoms with van der Waals surface area (Å²) in [6.07, 6.45) is 1.87. The second-order valence-electron chi connectivity index (χ2n) is 3.96. The van der Waals surface area contributed by atoms with Gasteiger partial charge in [-0.25, -0.2) is 4.39 Å². The van der Waals surface area contributed by atoms with E-state index in [1.807, 2.05) is 6.07 Å². The summed E-state index contributed by atoms with van der Waals surface area (Å²) >= 11 is 3.22. The van der Waals surface area contributed by atoms with Crippen molar-refractivity contribution >= 4 is 15.9 Å². The first-order valence-corrected chi connectivity index (χ1v) is 5.97. The fraction of sp³-hybridized carbons (Fsp3) is 0.500. The molecule has 0 saturated carbocycles. The van der Waals surface area contributed by atoms with Crippen LogP contribution in [0.1, 0.15) is 30.6 Å². The standard InChI is InChI=1S/C12H14BrFO/c1-3-7-6-9-8(12(7)15-2)4-5-10(13)11(9)14/h4-5,7,12H,3,6H2,1-2H3/t7-,12+/m1/s1. The van der Waals surface area contributed by atoms with Gasteiger partial charge in [0.2, 0.25) is 0 Å². The van der Waals surface area contributed by atoms with Crippen LogP contribution in [-0.4, -0.2) is 7.11 Å². The third-order valence-corrected chi connectivity index (χ3v) is 3.82. The first-order chi connectivity index (χ1) is 7.19. The van der Waals surface area contributed by atoms with E-state index in [0.717, 1.165) is 24.0 Å². The molecule has 0 aromatic heterocycles. The molecule has 0 unspecified atom stereocenters. The molecule has 82 valence electrons. The fourth-order valence-corrected chi connectivity index (χ4v) is 2.75. The zero-order valence-electron chi connectivity index (χ0n) is 8.89. The Bertz CT molecular complexity index is 378. The molecule has 1 nitrogen and oxygen atoms in total. The summed E-state index contributed by atoms with van der Waals surface area (Å²) in [7, 11) is 1.70. The van der Waals surface area contributed by atoms with E-state index in [4.69, 9.17) is 4.74 Å². The molecule has 0 saturated heterocycles. The van der Waals surface area contributed by atoms with Crippen molar-refractivity contribution in [3.8, 4) is 0 Å². The minimum absolute atomic E-state index is 0.0626. The molecule has 2 atom stereocenters. The van der Waals surface area contributed by atoms with Gasteiger partial charge in [0.05, 0.1) is 10.6 Å². The van der Waals surface area contributed by atoms with Crippen molar-refractivity contribution < 1.29 is 9.13 Å². The molecular formula is C12H14BrFO. The largest absolute Gasteiger partial charge is 0.376 e. The lowest BCUT2D eigenvalue weighted by Crippen LogP contribution is -2.08. The number of benzene rings is 1. The van der Waals surface area contributed by atoms with Crippen molar-refractivity contribution in [3.05, 3.63) is 33.5 Å². The van der Waals surface area contributed by atoms with Gasteiger partial charge < -0.3 is 4.74 Å². The molecule has 1 aliphatic rings. The molecule has 2 rings (SSSR count). The van der Waals surface area contributed by atoms with Crippen molar-refractivity contribution in [2.24, 2.45) is 5.92 Å². The van der Waals surface area contributed by atoms with E-state index in [1.165, 1.54) is 0 Å². The van der Waals surface area contributed by atoms with Gasteiger partial charge >= 0.3 is 0 Å². The summed E-state index contributed by atoms with van der Waals surface area (Å²) < 4.78 is 19.8. The van der Waals surface area contributed by atoms with Crippen LogP contribution in [-0.2, 0) is 11.2 Å². The average molecular weight is 273 g/mol. The van der Waals surface area contributed by atoms with Crippen LogP contribution in [0.25, 0.3) is 0 Å². The normalized spacial score (nSPS) is 24.3. The first kappa shape index (κ1) is 11.1. The molecule has 0 fully saturated rings.